The van der Waals surface area contributed by atoms with E-state index < -0.39 is 6.16 Å². The summed E-state index contributed by atoms with van der Waals surface area (Å²) in [4.78, 5) is 17.1. The van der Waals surface area contributed by atoms with Crippen molar-refractivity contribution < 1.29 is 15.0 Å². The smallest absolute Gasteiger partial charge is 0.450 e. The average molecular weight is 452 g/mol. The summed E-state index contributed by atoms with van der Waals surface area (Å²) in [7, 11) is 0. The molecule has 1 aromatic carbocycles. The van der Waals surface area contributed by atoms with Gasteiger partial charge in [0.1, 0.15) is 0 Å². The van der Waals surface area contributed by atoms with E-state index in [1.807, 2.05) is 30.3 Å². The summed E-state index contributed by atoms with van der Waals surface area (Å²) < 4.78 is 0. The van der Waals surface area contributed by atoms with Crippen LogP contribution in [0.1, 0.15) is 57.4 Å². The van der Waals surface area contributed by atoms with Gasteiger partial charge in [0.2, 0.25) is 0 Å². The first-order valence-electron chi connectivity index (χ1n) is 9.28. The minimum Gasteiger partial charge on any atom is -0.450 e. The lowest BCUT2D eigenvalue weighted by molar-refractivity contribution is 0.137. The number of rotatable bonds is 10. The van der Waals surface area contributed by atoms with Gasteiger partial charge in [-0.15, -0.1) is 24.8 Å². The molecular weight excluding hydrogens is 417 g/mol. The van der Waals surface area contributed by atoms with Gasteiger partial charge in [0, 0.05) is 6.54 Å². The number of hydrogen-bond acceptors (Lipinski definition) is 3. The van der Waals surface area contributed by atoms with Crippen LogP contribution in [0.5, 0.6) is 0 Å². The number of nitrogens with one attached hydrogen (secondary N) is 1. The summed E-state index contributed by atoms with van der Waals surface area (Å²) in [6.45, 7) is 3.50. The van der Waals surface area contributed by atoms with E-state index in [1.54, 1.807) is 0 Å². The Hall–Kier alpha value is -2.19. The highest BCUT2D eigenvalue weighted by molar-refractivity contribution is 5.97. The number of nitrogens with zero attached hydrogens (tertiary/aromatic N) is 2. The summed E-state index contributed by atoms with van der Waals surface area (Å²) in [5.74, 6) is 0.639. The molecule has 0 saturated heterocycles. The Labute approximate surface area is 185 Å². The molecule has 29 heavy (non-hydrogen) atoms. The second-order valence-corrected chi connectivity index (χ2v) is 5.98. The fraction of sp³-hybridized carbons (Fsp3) is 0.526. The number of hydrogen-bond donors (Lipinski definition) is 5. The number of halogens is 2. The molecule has 0 aliphatic rings. The molecule has 0 fully saturated rings. The maximum absolute atomic E-state index is 8.56. The monoisotopic (exact) mass is 451 g/mol. The molecule has 0 unspecified atom stereocenters. The summed E-state index contributed by atoms with van der Waals surface area (Å²) in [5.41, 5.74) is 12.7. The van der Waals surface area contributed by atoms with Crippen LogP contribution in [0, 0.1) is 0 Å². The van der Waals surface area contributed by atoms with Crippen molar-refractivity contribution >= 4 is 42.9 Å². The SMILES string of the molecule is CCCCCCCCCN=C(N)NC(N)=NCc1ccccc1.Cl.Cl.O=C(O)O. The Kier molecular flexibility index (Phi) is 24.0. The molecule has 0 aliphatic carbocycles. The number of benzene rings is 1. The van der Waals surface area contributed by atoms with E-state index in [2.05, 4.69) is 22.2 Å². The van der Waals surface area contributed by atoms with Crippen molar-refractivity contribution in [2.24, 2.45) is 21.5 Å². The highest BCUT2D eigenvalue weighted by Crippen LogP contribution is 2.06. The van der Waals surface area contributed by atoms with Gasteiger partial charge < -0.3 is 21.7 Å². The molecule has 0 atom stereocenters. The molecule has 168 valence electrons. The lowest BCUT2D eigenvalue weighted by Crippen LogP contribution is -2.41. The van der Waals surface area contributed by atoms with Crippen LogP contribution < -0.4 is 16.8 Å². The molecule has 8 nitrogen and oxygen atoms in total. The molecule has 1 rings (SSSR count). The summed E-state index contributed by atoms with van der Waals surface area (Å²) in [5, 5.41) is 16.8. The first-order chi connectivity index (χ1) is 13.0. The van der Waals surface area contributed by atoms with Crippen LogP contribution in [0.2, 0.25) is 0 Å². The Bertz CT molecular complexity index is 568. The van der Waals surface area contributed by atoms with Gasteiger partial charge in [-0.1, -0.05) is 75.8 Å². The highest BCUT2D eigenvalue weighted by Gasteiger charge is 1.96. The second-order valence-electron chi connectivity index (χ2n) is 5.98. The molecule has 7 N–H and O–H groups in total. The first kappa shape index (κ1) is 31.5. The number of guanidine groups is 2. The van der Waals surface area contributed by atoms with E-state index in [9.17, 15) is 0 Å². The number of carboxylic acid groups (broad SMARTS) is 2. The second kappa shape index (κ2) is 22.1. The number of nitrogens with two attached hydrogens (primary N) is 2. The van der Waals surface area contributed by atoms with E-state index in [0.717, 1.165) is 18.5 Å². The Morgan fingerprint density at radius 1 is 0.897 bits per heavy atom. The van der Waals surface area contributed by atoms with Gasteiger partial charge in [0.25, 0.3) is 0 Å². The van der Waals surface area contributed by atoms with E-state index in [4.69, 9.17) is 26.5 Å². The van der Waals surface area contributed by atoms with Gasteiger partial charge in [-0.3, -0.25) is 10.3 Å². The zero-order valence-corrected chi connectivity index (χ0v) is 18.6. The largest absolute Gasteiger partial charge is 0.503 e. The molecule has 0 saturated carbocycles. The van der Waals surface area contributed by atoms with Gasteiger partial charge in [-0.25, -0.2) is 9.79 Å². The molecule has 0 spiro atoms. The van der Waals surface area contributed by atoms with Crippen molar-refractivity contribution in [3.63, 3.8) is 0 Å². The summed E-state index contributed by atoms with van der Waals surface area (Å²) in [6.07, 6.45) is 7.02. The van der Waals surface area contributed by atoms with Crippen molar-refractivity contribution in [2.45, 2.75) is 58.4 Å². The molecule has 0 radical (unpaired) electrons. The fourth-order valence-corrected chi connectivity index (χ4v) is 2.24. The molecule has 1 aromatic rings. The topological polar surface area (TPSA) is 146 Å². The van der Waals surface area contributed by atoms with Gasteiger partial charge in [-0.2, -0.15) is 0 Å². The van der Waals surface area contributed by atoms with Crippen molar-refractivity contribution in [1.29, 1.82) is 0 Å². The molecule has 0 amide bonds. The van der Waals surface area contributed by atoms with E-state index >= 15 is 0 Å². The third kappa shape index (κ3) is 23.8. The third-order valence-electron chi connectivity index (χ3n) is 3.57. The van der Waals surface area contributed by atoms with E-state index in [-0.39, 0.29) is 24.8 Å². The Morgan fingerprint density at radius 2 is 1.38 bits per heavy atom. The van der Waals surface area contributed by atoms with Gasteiger partial charge in [0.15, 0.2) is 11.9 Å². The van der Waals surface area contributed by atoms with Gasteiger partial charge in [0.05, 0.1) is 6.54 Å². The van der Waals surface area contributed by atoms with E-state index in [0.29, 0.717) is 18.5 Å². The molecule has 0 heterocycles. The third-order valence-corrected chi connectivity index (χ3v) is 3.57. The summed E-state index contributed by atoms with van der Waals surface area (Å²) >= 11 is 0. The highest BCUT2D eigenvalue weighted by atomic mass is 35.5. The van der Waals surface area contributed by atoms with Crippen molar-refractivity contribution in [1.82, 2.24) is 5.32 Å². The van der Waals surface area contributed by atoms with Crippen LogP contribution in [-0.2, 0) is 6.54 Å². The standard InChI is InChI=1S/C18H31N5.CH2O3.2ClH/c1-2-3-4-5-6-7-11-14-21-17(19)23-18(20)22-15-16-12-9-8-10-13-16;2-1(3)4;;/h8-10,12-13H,2-7,11,14-15H2,1H3,(H5,19,20,21,22,23);(H2,2,3,4);2*1H. The lowest BCUT2D eigenvalue weighted by atomic mass is 10.1. The molecule has 0 aliphatic heterocycles. The van der Waals surface area contributed by atoms with Crippen LogP contribution in [0.4, 0.5) is 4.79 Å². The van der Waals surface area contributed by atoms with Crippen molar-refractivity contribution in [3.05, 3.63) is 35.9 Å². The van der Waals surface area contributed by atoms with Crippen LogP contribution in [-0.4, -0.2) is 34.8 Å². The quantitative estimate of drug-likeness (QED) is 0.204. The predicted molar refractivity (Wildman–Crippen MR) is 125 cm³/mol. The molecular formula is C19H35Cl2N5O3. The van der Waals surface area contributed by atoms with E-state index in [1.165, 1.54) is 38.5 Å². The van der Waals surface area contributed by atoms with Crippen LogP contribution in [0.3, 0.4) is 0 Å². The van der Waals surface area contributed by atoms with Gasteiger partial charge in [-0.05, 0) is 12.0 Å². The fourth-order valence-electron chi connectivity index (χ4n) is 2.24. The van der Waals surface area contributed by atoms with Crippen LogP contribution in [0.15, 0.2) is 40.3 Å². The molecule has 10 heteroatoms. The average Bonchev–Trinajstić information content (AvgIpc) is 2.62. The minimum absolute atomic E-state index is 0. The maximum Gasteiger partial charge on any atom is 0.503 e. The lowest BCUT2D eigenvalue weighted by Gasteiger charge is -2.05. The Balaban J connectivity index is -0.00000103. The summed E-state index contributed by atoms with van der Waals surface area (Å²) in [6, 6.07) is 9.95. The number of aliphatic imine (C=N–C) groups is 2. The predicted octanol–water partition coefficient (Wildman–Crippen LogP) is 4.22. The zero-order chi connectivity index (χ0) is 20.3. The molecule has 0 bridgehead atoms. The zero-order valence-electron chi connectivity index (χ0n) is 16.9. The first-order valence-corrected chi connectivity index (χ1v) is 9.28. The number of unbranched alkanes of at least 4 members (excludes halogenated alkanes) is 6. The van der Waals surface area contributed by atoms with Gasteiger partial charge >= 0.3 is 6.16 Å². The van der Waals surface area contributed by atoms with Crippen molar-refractivity contribution in [3.8, 4) is 0 Å². The number of carbonyl (C=O) groups is 1. The van der Waals surface area contributed by atoms with Crippen LogP contribution >= 0.6 is 24.8 Å². The molecule has 0 aromatic heterocycles. The maximum atomic E-state index is 8.56. The van der Waals surface area contributed by atoms with Crippen LogP contribution in [0.25, 0.3) is 0 Å². The normalized spacial score (nSPS) is 10.7. The Morgan fingerprint density at radius 3 is 1.93 bits per heavy atom. The van der Waals surface area contributed by atoms with Crippen molar-refractivity contribution in [2.75, 3.05) is 6.54 Å². The minimum atomic E-state index is -1.83.